The van der Waals surface area contributed by atoms with E-state index in [4.69, 9.17) is 4.74 Å². The van der Waals surface area contributed by atoms with Crippen molar-refractivity contribution in [3.05, 3.63) is 59.2 Å². The predicted molar refractivity (Wildman–Crippen MR) is 115 cm³/mol. The molecule has 0 bridgehead atoms. The first-order valence-corrected chi connectivity index (χ1v) is 11.5. The zero-order valence-corrected chi connectivity index (χ0v) is 18.0. The number of hydrogen-bond acceptors (Lipinski definition) is 4. The Kier molecular flexibility index (Phi) is 6.47. The quantitative estimate of drug-likeness (QED) is 0.783. The second-order valence-electron chi connectivity index (χ2n) is 7.57. The molecule has 1 aliphatic rings. The second kappa shape index (κ2) is 8.86. The molecule has 0 unspecified atom stereocenters. The first-order chi connectivity index (χ1) is 13.8. The van der Waals surface area contributed by atoms with Gasteiger partial charge in [0.2, 0.25) is 10.0 Å². The van der Waals surface area contributed by atoms with Gasteiger partial charge < -0.3 is 10.1 Å². The van der Waals surface area contributed by atoms with Crippen molar-refractivity contribution >= 4 is 21.6 Å². The molecule has 1 amide bonds. The van der Waals surface area contributed by atoms with Crippen LogP contribution in [-0.2, 0) is 10.0 Å². The monoisotopic (exact) mass is 416 g/mol. The number of nitrogens with zero attached hydrogens (tertiary/aromatic N) is 1. The molecule has 1 N–H and O–H groups in total. The van der Waals surface area contributed by atoms with Crippen LogP contribution >= 0.6 is 0 Å². The van der Waals surface area contributed by atoms with E-state index in [0.717, 1.165) is 17.7 Å². The number of rotatable bonds is 6. The van der Waals surface area contributed by atoms with Crippen molar-refractivity contribution in [3.63, 3.8) is 0 Å². The van der Waals surface area contributed by atoms with Gasteiger partial charge in [-0.3, -0.25) is 9.10 Å². The molecular weight excluding hydrogens is 388 g/mol. The molecule has 0 radical (unpaired) electrons. The Morgan fingerprint density at radius 2 is 1.83 bits per heavy atom. The lowest BCUT2D eigenvalue weighted by atomic mass is 10.1. The van der Waals surface area contributed by atoms with Gasteiger partial charge >= 0.3 is 0 Å². The highest BCUT2D eigenvalue weighted by Gasteiger charge is 2.26. The molecule has 2 aromatic rings. The molecule has 0 aliphatic carbocycles. The van der Waals surface area contributed by atoms with Crippen molar-refractivity contribution in [1.82, 2.24) is 5.32 Å². The van der Waals surface area contributed by atoms with Gasteiger partial charge in [-0.05, 0) is 81.1 Å². The Balaban J connectivity index is 1.56. The molecule has 3 rings (SSSR count). The van der Waals surface area contributed by atoms with E-state index in [0.29, 0.717) is 30.8 Å². The summed E-state index contributed by atoms with van der Waals surface area (Å²) in [4.78, 5) is 12.5. The standard InChI is InChI=1S/C22H28N2O4S/c1-16-6-11-21(14-17(16)2)28-15-18(3)23-22(25)19-7-9-20(10-8-19)24-12-4-5-13-29(24,26)27/h6-11,14,18H,4-5,12-13,15H2,1-3H3,(H,23,25)/t18-/m0/s1. The van der Waals surface area contributed by atoms with Crippen molar-refractivity contribution in [2.45, 2.75) is 39.7 Å². The lowest BCUT2D eigenvalue weighted by molar-refractivity contribution is 0.0926. The number of aryl methyl sites for hydroxylation is 2. The minimum atomic E-state index is -3.25. The van der Waals surface area contributed by atoms with Crippen LogP contribution in [0.15, 0.2) is 42.5 Å². The van der Waals surface area contributed by atoms with Crippen molar-refractivity contribution in [2.24, 2.45) is 0 Å². The SMILES string of the molecule is Cc1ccc(OC[C@H](C)NC(=O)c2ccc(N3CCCCS3(=O)=O)cc2)cc1C. The van der Waals surface area contributed by atoms with E-state index in [1.165, 1.54) is 9.87 Å². The highest BCUT2D eigenvalue weighted by atomic mass is 32.2. The van der Waals surface area contributed by atoms with E-state index in [1.54, 1.807) is 24.3 Å². The fourth-order valence-corrected chi connectivity index (χ4v) is 4.87. The number of carbonyl (C=O) groups is 1. The highest BCUT2D eigenvalue weighted by Crippen LogP contribution is 2.23. The fourth-order valence-electron chi connectivity index (χ4n) is 3.23. The maximum atomic E-state index is 12.5. The summed E-state index contributed by atoms with van der Waals surface area (Å²) in [6.07, 6.45) is 1.54. The molecule has 7 heteroatoms. The van der Waals surface area contributed by atoms with Crippen LogP contribution in [-0.4, -0.2) is 39.3 Å². The van der Waals surface area contributed by atoms with E-state index in [9.17, 15) is 13.2 Å². The second-order valence-corrected chi connectivity index (χ2v) is 9.59. The molecule has 1 heterocycles. The predicted octanol–water partition coefficient (Wildman–Crippen LogP) is 3.43. The zero-order chi connectivity index (χ0) is 21.0. The number of hydrogen-bond donors (Lipinski definition) is 1. The van der Waals surface area contributed by atoms with Gasteiger partial charge in [-0.1, -0.05) is 6.07 Å². The third-order valence-corrected chi connectivity index (χ3v) is 6.99. The van der Waals surface area contributed by atoms with Gasteiger partial charge in [-0.25, -0.2) is 8.42 Å². The maximum Gasteiger partial charge on any atom is 0.251 e. The zero-order valence-electron chi connectivity index (χ0n) is 17.1. The van der Waals surface area contributed by atoms with Crippen LogP contribution in [0.25, 0.3) is 0 Å². The summed E-state index contributed by atoms with van der Waals surface area (Å²) in [5.41, 5.74) is 3.46. The van der Waals surface area contributed by atoms with Crippen LogP contribution in [0.5, 0.6) is 5.75 Å². The van der Waals surface area contributed by atoms with Crippen molar-refractivity contribution < 1.29 is 17.9 Å². The summed E-state index contributed by atoms with van der Waals surface area (Å²) in [5, 5.41) is 2.91. The average molecular weight is 417 g/mol. The molecule has 2 aromatic carbocycles. The average Bonchev–Trinajstić information content (AvgIpc) is 2.69. The summed E-state index contributed by atoms with van der Waals surface area (Å²) in [6.45, 7) is 6.81. The summed E-state index contributed by atoms with van der Waals surface area (Å²) in [7, 11) is -3.25. The number of ether oxygens (including phenoxy) is 1. The van der Waals surface area contributed by atoms with Crippen LogP contribution in [0.3, 0.4) is 0 Å². The lowest BCUT2D eigenvalue weighted by Gasteiger charge is -2.28. The van der Waals surface area contributed by atoms with Crippen molar-refractivity contribution in [2.75, 3.05) is 23.2 Å². The third kappa shape index (κ3) is 5.29. The number of benzene rings is 2. The largest absolute Gasteiger partial charge is 0.491 e. The van der Waals surface area contributed by atoms with Gasteiger partial charge in [0.1, 0.15) is 12.4 Å². The van der Waals surface area contributed by atoms with E-state index in [2.05, 4.69) is 5.32 Å². The van der Waals surface area contributed by atoms with Crippen molar-refractivity contribution in [1.29, 1.82) is 0 Å². The van der Waals surface area contributed by atoms with E-state index in [-0.39, 0.29) is 17.7 Å². The number of anilines is 1. The Morgan fingerprint density at radius 1 is 1.10 bits per heavy atom. The Bertz CT molecular complexity index is 971. The molecule has 0 spiro atoms. The smallest absolute Gasteiger partial charge is 0.251 e. The number of sulfonamides is 1. The highest BCUT2D eigenvalue weighted by molar-refractivity contribution is 7.92. The Labute approximate surface area is 172 Å². The molecule has 1 aliphatic heterocycles. The topological polar surface area (TPSA) is 75.7 Å². The van der Waals surface area contributed by atoms with Crippen LogP contribution in [0.2, 0.25) is 0 Å². The first-order valence-electron chi connectivity index (χ1n) is 9.88. The molecule has 29 heavy (non-hydrogen) atoms. The third-order valence-electron chi connectivity index (χ3n) is 5.12. The van der Waals surface area contributed by atoms with Crippen LogP contribution in [0.1, 0.15) is 41.3 Å². The Hall–Kier alpha value is -2.54. The molecule has 1 atom stereocenters. The number of amides is 1. The number of carbonyl (C=O) groups excluding carboxylic acids is 1. The van der Waals surface area contributed by atoms with Crippen LogP contribution in [0.4, 0.5) is 5.69 Å². The summed E-state index contributed by atoms with van der Waals surface area (Å²) < 4.78 is 31.6. The van der Waals surface area contributed by atoms with Gasteiger partial charge in [0.15, 0.2) is 0 Å². The molecular formula is C22H28N2O4S. The van der Waals surface area contributed by atoms with Gasteiger partial charge in [-0.2, -0.15) is 0 Å². The summed E-state index contributed by atoms with van der Waals surface area (Å²) in [6, 6.07) is 12.4. The Morgan fingerprint density at radius 3 is 2.48 bits per heavy atom. The van der Waals surface area contributed by atoms with Gasteiger partial charge in [0.25, 0.3) is 5.91 Å². The number of nitrogens with one attached hydrogen (secondary N) is 1. The van der Waals surface area contributed by atoms with Gasteiger partial charge in [-0.15, -0.1) is 0 Å². The minimum Gasteiger partial charge on any atom is -0.491 e. The minimum absolute atomic E-state index is 0.174. The normalized spacial score (nSPS) is 16.9. The maximum absolute atomic E-state index is 12.5. The molecule has 0 saturated carbocycles. The molecule has 0 aromatic heterocycles. The molecule has 156 valence electrons. The van der Waals surface area contributed by atoms with Crippen molar-refractivity contribution in [3.8, 4) is 5.75 Å². The van der Waals surface area contributed by atoms with Crippen LogP contribution < -0.4 is 14.4 Å². The van der Waals surface area contributed by atoms with E-state index < -0.39 is 10.0 Å². The lowest BCUT2D eigenvalue weighted by Crippen LogP contribution is -2.38. The van der Waals surface area contributed by atoms with Gasteiger partial charge in [0.05, 0.1) is 17.5 Å². The molecule has 1 saturated heterocycles. The molecule has 6 nitrogen and oxygen atoms in total. The van der Waals surface area contributed by atoms with E-state index in [1.807, 2.05) is 39.0 Å². The van der Waals surface area contributed by atoms with Gasteiger partial charge in [0, 0.05) is 12.1 Å². The van der Waals surface area contributed by atoms with E-state index >= 15 is 0 Å². The fraction of sp³-hybridized carbons (Fsp3) is 0.409. The first kappa shape index (κ1) is 21.2. The molecule has 1 fully saturated rings. The van der Waals surface area contributed by atoms with Crippen LogP contribution in [0, 0.1) is 13.8 Å². The summed E-state index contributed by atoms with van der Waals surface area (Å²) >= 11 is 0. The summed E-state index contributed by atoms with van der Waals surface area (Å²) in [5.74, 6) is 0.739.